The first-order valence-electron chi connectivity index (χ1n) is 9.21. The molecule has 136 valence electrons. The Bertz CT molecular complexity index is 1130. The van der Waals surface area contributed by atoms with E-state index in [0.29, 0.717) is 25.2 Å². The summed E-state index contributed by atoms with van der Waals surface area (Å²) in [6.07, 6.45) is 2.57. The Kier molecular flexibility index (Phi) is 3.53. The highest BCUT2D eigenvalue weighted by Crippen LogP contribution is 2.35. The molecule has 2 aromatic heterocycles. The summed E-state index contributed by atoms with van der Waals surface area (Å²) in [5, 5.41) is 0.768. The van der Waals surface area contributed by atoms with Crippen molar-refractivity contribution in [3.05, 3.63) is 70.3 Å². The smallest absolute Gasteiger partial charge is 0.295 e. The van der Waals surface area contributed by atoms with Crippen LogP contribution in [0.5, 0.6) is 0 Å². The lowest BCUT2D eigenvalue weighted by Gasteiger charge is -2.42. The van der Waals surface area contributed by atoms with Crippen molar-refractivity contribution in [3.8, 4) is 0 Å². The van der Waals surface area contributed by atoms with Crippen molar-refractivity contribution in [2.24, 2.45) is 5.92 Å². The van der Waals surface area contributed by atoms with Crippen LogP contribution in [0.4, 0.5) is 0 Å². The van der Waals surface area contributed by atoms with Gasteiger partial charge in [-0.25, -0.2) is 0 Å². The number of nitrogens with one attached hydrogen (secondary N) is 1. The van der Waals surface area contributed by atoms with Gasteiger partial charge in [0.15, 0.2) is 0 Å². The minimum atomic E-state index is -0.474. The number of aromatic amines is 1. The number of para-hydroxylation sites is 1. The first-order chi connectivity index (χ1) is 13.1. The maximum Gasteiger partial charge on any atom is 0.295 e. The van der Waals surface area contributed by atoms with E-state index in [1.165, 1.54) is 0 Å². The van der Waals surface area contributed by atoms with Gasteiger partial charge >= 0.3 is 0 Å². The van der Waals surface area contributed by atoms with Gasteiger partial charge in [-0.3, -0.25) is 14.4 Å². The largest absolute Gasteiger partial charge is 0.360 e. The molecule has 4 heterocycles. The standard InChI is InChI=1S/C21H19N3O3/c25-19-7-3-6-18-14-8-13(11-24(18)19)10-23(12-14)21(27)20(26)16-9-22-17-5-2-1-4-15(16)17/h1-7,9,13-14,22H,8,10-12H2/t13-,14-/m1/s1. The summed E-state index contributed by atoms with van der Waals surface area (Å²) in [6, 6.07) is 12.8. The fraction of sp³-hybridized carbons (Fsp3) is 0.286. The Hall–Kier alpha value is -3.15. The number of fused-ring (bicyclic) bond motifs is 5. The Morgan fingerprint density at radius 2 is 1.85 bits per heavy atom. The van der Waals surface area contributed by atoms with Gasteiger partial charge < -0.3 is 14.5 Å². The topological polar surface area (TPSA) is 75.2 Å². The minimum absolute atomic E-state index is 0.0110. The predicted molar refractivity (Wildman–Crippen MR) is 101 cm³/mol. The number of Topliss-reactive ketones (excluding diaryl/α,β-unsaturated/α-hetero) is 1. The maximum absolute atomic E-state index is 12.9. The molecule has 0 unspecified atom stereocenters. The number of amides is 1. The van der Waals surface area contributed by atoms with Gasteiger partial charge in [0.2, 0.25) is 0 Å². The molecule has 6 heteroatoms. The van der Waals surface area contributed by atoms with E-state index in [1.807, 2.05) is 34.9 Å². The number of pyridine rings is 1. The summed E-state index contributed by atoms with van der Waals surface area (Å²) in [6.45, 7) is 1.60. The molecule has 0 aliphatic carbocycles. The lowest BCUT2D eigenvalue weighted by Crippen LogP contribution is -2.50. The third-order valence-corrected chi connectivity index (χ3v) is 5.80. The average molecular weight is 361 g/mol. The van der Waals surface area contributed by atoms with Crippen LogP contribution < -0.4 is 5.56 Å². The Labute approximate surface area is 155 Å². The van der Waals surface area contributed by atoms with Crippen molar-refractivity contribution >= 4 is 22.6 Å². The third kappa shape index (κ3) is 2.51. The normalized spacial score (nSPS) is 21.1. The van der Waals surface area contributed by atoms with Crippen molar-refractivity contribution in [1.29, 1.82) is 0 Å². The number of carbonyl (C=O) groups is 2. The third-order valence-electron chi connectivity index (χ3n) is 5.80. The maximum atomic E-state index is 12.9. The second-order valence-corrected chi connectivity index (χ2v) is 7.49. The Morgan fingerprint density at radius 1 is 1.00 bits per heavy atom. The second kappa shape index (κ2) is 5.94. The number of rotatable bonds is 2. The number of carbonyl (C=O) groups excluding carboxylic acids is 2. The minimum Gasteiger partial charge on any atom is -0.360 e. The van der Waals surface area contributed by atoms with Crippen LogP contribution >= 0.6 is 0 Å². The Morgan fingerprint density at radius 3 is 2.74 bits per heavy atom. The number of H-pyrrole nitrogens is 1. The van der Waals surface area contributed by atoms with Gasteiger partial charge in [-0.1, -0.05) is 24.3 Å². The molecule has 1 saturated heterocycles. The van der Waals surface area contributed by atoms with E-state index in [9.17, 15) is 14.4 Å². The molecule has 1 N–H and O–H groups in total. The molecule has 1 fully saturated rings. The lowest BCUT2D eigenvalue weighted by atomic mass is 9.83. The van der Waals surface area contributed by atoms with Crippen LogP contribution in [0, 0.1) is 5.92 Å². The SMILES string of the molecule is O=C(C(=O)N1C[C@H]2C[C@H](C1)c1cccc(=O)n1C2)c1c[nH]c2ccccc12. The van der Waals surface area contributed by atoms with Gasteiger partial charge in [-0.05, 0) is 24.5 Å². The zero-order valence-corrected chi connectivity index (χ0v) is 14.7. The summed E-state index contributed by atoms with van der Waals surface area (Å²) in [5.41, 5.74) is 2.24. The summed E-state index contributed by atoms with van der Waals surface area (Å²) in [4.78, 5) is 42.7. The molecule has 0 saturated carbocycles. The zero-order chi connectivity index (χ0) is 18.5. The molecule has 2 atom stereocenters. The van der Waals surface area contributed by atoms with Gasteiger partial charge in [0.05, 0.1) is 5.56 Å². The quantitative estimate of drug-likeness (QED) is 0.561. The fourth-order valence-corrected chi connectivity index (χ4v) is 4.58. The summed E-state index contributed by atoms with van der Waals surface area (Å²) >= 11 is 0. The number of nitrogens with zero attached hydrogens (tertiary/aromatic N) is 2. The monoisotopic (exact) mass is 361 g/mol. The lowest BCUT2D eigenvalue weighted by molar-refractivity contribution is -0.129. The molecule has 2 aliphatic heterocycles. The molecule has 5 rings (SSSR count). The molecule has 0 radical (unpaired) electrons. The molecule has 27 heavy (non-hydrogen) atoms. The molecular weight excluding hydrogens is 342 g/mol. The molecule has 3 aromatic rings. The summed E-state index contributed by atoms with van der Waals surface area (Å²) < 4.78 is 1.82. The molecule has 1 amide bonds. The second-order valence-electron chi connectivity index (χ2n) is 7.49. The number of ketones is 1. The number of benzene rings is 1. The number of hydrogen-bond donors (Lipinski definition) is 1. The molecule has 0 spiro atoms. The number of aromatic nitrogens is 2. The van der Waals surface area contributed by atoms with E-state index in [4.69, 9.17) is 0 Å². The van der Waals surface area contributed by atoms with Gasteiger partial charge in [0, 0.05) is 54.4 Å². The van der Waals surface area contributed by atoms with Crippen LogP contribution in [0.25, 0.3) is 10.9 Å². The van der Waals surface area contributed by atoms with E-state index in [1.54, 1.807) is 23.2 Å². The fourth-order valence-electron chi connectivity index (χ4n) is 4.58. The average Bonchev–Trinajstić information content (AvgIpc) is 3.12. The van der Waals surface area contributed by atoms with Crippen molar-refractivity contribution in [3.63, 3.8) is 0 Å². The summed E-state index contributed by atoms with van der Waals surface area (Å²) in [5.74, 6) is -0.624. The van der Waals surface area contributed by atoms with E-state index in [-0.39, 0.29) is 17.4 Å². The van der Waals surface area contributed by atoms with Crippen molar-refractivity contribution < 1.29 is 9.59 Å². The molecular formula is C21H19N3O3. The molecule has 2 bridgehead atoms. The molecule has 2 aliphatic rings. The Balaban J connectivity index is 1.44. The van der Waals surface area contributed by atoms with Crippen LogP contribution in [-0.2, 0) is 11.3 Å². The molecule has 6 nitrogen and oxygen atoms in total. The number of piperidine rings is 1. The van der Waals surface area contributed by atoms with E-state index in [0.717, 1.165) is 23.0 Å². The summed E-state index contributed by atoms with van der Waals surface area (Å²) in [7, 11) is 0. The highest BCUT2D eigenvalue weighted by Gasteiger charge is 2.38. The van der Waals surface area contributed by atoms with Crippen LogP contribution in [0.15, 0.2) is 53.5 Å². The van der Waals surface area contributed by atoms with Crippen LogP contribution in [0.1, 0.15) is 28.4 Å². The van der Waals surface area contributed by atoms with Crippen molar-refractivity contribution in [1.82, 2.24) is 14.5 Å². The highest BCUT2D eigenvalue weighted by molar-refractivity contribution is 6.44. The van der Waals surface area contributed by atoms with E-state index in [2.05, 4.69) is 4.98 Å². The predicted octanol–water partition coefficient (Wildman–Crippen LogP) is 2.16. The first kappa shape index (κ1) is 16.1. The van der Waals surface area contributed by atoms with Gasteiger partial charge in [0.25, 0.3) is 17.2 Å². The highest BCUT2D eigenvalue weighted by atomic mass is 16.2. The van der Waals surface area contributed by atoms with Crippen LogP contribution in [0.3, 0.4) is 0 Å². The van der Waals surface area contributed by atoms with Gasteiger partial charge in [-0.15, -0.1) is 0 Å². The van der Waals surface area contributed by atoms with Crippen molar-refractivity contribution in [2.75, 3.05) is 13.1 Å². The van der Waals surface area contributed by atoms with Gasteiger partial charge in [-0.2, -0.15) is 0 Å². The van der Waals surface area contributed by atoms with Crippen molar-refractivity contribution in [2.45, 2.75) is 18.9 Å². The number of hydrogen-bond acceptors (Lipinski definition) is 3. The first-order valence-corrected chi connectivity index (χ1v) is 9.21. The van der Waals surface area contributed by atoms with Crippen LogP contribution in [0.2, 0.25) is 0 Å². The van der Waals surface area contributed by atoms with E-state index < -0.39 is 11.7 Å². The zero-order valence-electron chi connectivity index (χ0n) is 14.7. The van der Waals surface area contributed by atoms with E-state index >= 15 is 0 Å². The molecule has 1 aromatic carbocycles. The van der Waals surface area contributed by atoms with Gasteiger partial charge in [0.1, 0.15) is 0 Å². The van der Waals surface area contributed by atoms with Crippen LogP contribution in [-0.4, -0.2) is 39.2 Å². The number of likely N-dealkylation sites (tertiary alicyclic amines) is 1.